The van der Waals surface area contributed by atoms with Gasteiger partial charge >= 0.3 is 0 Å². The highest BCUT2D eigenvalue weighted by Gasteiger charge is 1.93. The third kappa shape index (κ3) is 4.18. The third-order valence-electron chi connectivity index (χ3n) is 0.744. The molecule has 0 aliphatic carbocycles. The molecular weight excluding hydrogens is 161 g/mol. The van der Waals surface area contributed by atoms with E-state index in [9.17, 15) is 4.79 Å². The fourth-order valence-corrected chi connectivity index (χ4v) is 0.398. The van der Waals surface area contributed by atoms with Gasteiger partial charge in [0.25, 0.3) is 0 Å². The number of aliphatic imine (C=N–C) groups is 1. The van der Waals surface area contributed by atoms with E-state index in [1.807, 2.05) is 0 Å². The number of rotatable bonds is 0. The molecule has 1 heterocycles. The maximum Gasteiger partial charge on any atom is 0.162 e. The molecule has 0 aromatic heterocycles. The molecule has 0 fully saturated rings. The molecule has 9 heavy (non-hydrogen) atoms. The lowest BCUT2D eigenvalue weighted by Crippen LogP contribution is -1.95. The Hall–Kier alpha value is -0.340. The molecule has 0 amide bonds. The van der Waals surface area contributed by atoms with Gasteiger partial charge in [-0.1, -0.05) is 0 Å². The smallest absolute Gasteiger partial charge is 0.162 e. The van der Waals surface area contributed by atoms with E-state index < -0.39 is 0 Å². The van der Waals surface area contributed by atoms with E-state index >= 15 is 0 Å². The molecule has 0 saturated carbocycles. The van der Waals surface area contributed by atoms with E-state index in [2.05, 4.69) is 4.99 Å². The van der Waals surface area contributed by atoms with Crippen LogP contribution in [0.1, 0.15) is 6.42 Å². The quantitative estimate of drug-likeness (QED) is 0.537. The largest absolute Gasteiger partial charge is 0.294 e. The summed E-state index contributed by atoms with van der Waals surface area (Å²) in [5, 5.41) is 0. The van der Waals surface area contributed by atoms with Crippen molar-refractivity contribution in [1.82, 2.24) is 0 Å². The predicted molar refractivity (Wildman–Crippen MR) is 41.8 cm³/mol. The van der Waals surface area contributed by atoms with E-state index in [1.54, 1.807) is 6.21 Å². The Morgan fingerprint density at radius 2 is 2.11 bits per heavy atom. The molecule has 1 aliphatic heterocycles. The molecule has 0 unspecified atom stereocenters. The standard InChI is InChI=1S/C5H5NO.2ClH/c7-5-1-3-6-4-2-5;;/h1,3-4H,2H2;2*1H. The number of hydrogen-bond donors (Lipinski definition) is 0. The average Bonchev–Trinajstić information content (AvgIpc) is 1.69. The molecule has 0 saturated heterocycles. The van der Waals surface area contributed by atoms with E-state index in [1.165, 1.54) is 12.3 Å². The lowest BCUT2D eigenvalue weighted by molar-refractivity contribution is -0.113. The number of ketones is 1. The molecule has 0 aromatic rings. The third-order valence-corrected chi connectivity index (χ3v) is 0.744. The monoisotopic (exact) mass is 167 g/mol. The summed E-state index contributed by atoms with van der Waals surface area (Å²) in [5.41, 5.74) is 0. The number of halogens is 2. The van der Waals surface area contributed by atoms with Gasteiger partial charge in [-0.25, -0.2) is 0 Å². The van der Waals surface area contributed by atoms with E-state index in [-0.39, 0.29) is 30.6 Å². The first-order valence-corrected chi connectivity index (χ1v) is 2.10. The zero-order chi connectivity index (χ0) is 5.11. The Labute approximate surface area is 65.9 Å². The van der Waals surface area contributed by atoms with Gasteiger partial charge in [0, 0.05) is 18.8 Å². The van der Waals surface area contributed by atoms with E-state index in [0.29, 0.717) is 6.42 Å². The van der Waals surface area contributed by atoms with Gasteiger partial charge in [-0.15, -0.1) is 24.8 Å². The zero-order valence-corrected chi connectivity index (χ0v) is 6.24. The van der Waals surface area contributed by atoms with Gasteiger partial charge in [0.1, 0.15) is 0 Å². The first-order valence-electron chi connectivity index (χ1n) is 2.10. The highest BCUT2D eigenvalue weighted by molar-refractivity contribution is 6.00. The lowest BCUT2D eigenvalue weighted by Gasteiger charge is -1.88. The SMILES string of the molecule is Cl.Cl.O=C1C=CN=CC1. The van der Waals surface area contributed by atoms with Gasteiger partial charge in [0.15, 0.2) is 5.78 Å². The van der Waals surface area contributed by atoms with Gasteiger partial charge in [-0.3, -0.25) is 9.79 Å². The first-order chi connectivity index (χ1) is 3.39. The normalized spacial score (nSPS) is 14.0. The maximum atomic E-state index is 10.3. The van der Waals surface area contributed by atoms with Crippen LogP contribution >= 0.6 is 24.8 Å². The van der Waals surface area contributed by atoms with Gasteiger partial charge in [-0.05, 0) is 6.08 Å². The minimum atomic E-state index is 0. The van der Waals surface area contributed by atoms with Crippen LogP contribution < -0.4 is 0 Å². The van der Waals surface area contributed by atoms with E-state index in [4.69, 9.17) is 0 Å². The van der Waals surface area contributed by atoms with Crippen molar-refractivity contribution in [1.29, 1.82) is 0 Å². The molecule has 1 rings (SSSR count). The summed E-state index contributed by atoms with van der Waals surface area (Å²) in [6.07, 6.45) is 5.05. The van der Waals surface area contributed by atoms with Crippen LogP contribution in [0.2, 0.25) is 0 Å². The summed E-state index contributed by atoms with van der Waals surface area (Å²) < 4.78 is 0. The van der Waals surface area contributed by atoms with Crippen molar-refractivity contribution in [2.45, 2.75) is 6.42 Å². The number of allylic oxidation sites excluding steroid dienone is 1. The zero-order valence-electron chi connectivity index (χ0n) is 4.61. The molecule has 0 atom stereocenters. The van der Waals surface area contributed by atoms with Crippen molar-refractivity contribution in [2.24, 2.45) is 4.99 Å². The predicted octanol–water partition coefficient (Wildman–Crippen LogP) is 1.39. The van der Waals surface area contributed by atoms with Crippen molar-refractivity contribution >= 4 is 36.8 Å². The molecule has 0 bridgehead atoms. The Kier molecular flexibility index (Phi) is 7.37. The van der Waals surface area contributed by atoms with Crippen LogP contribution in [-0.4, -0.2) is 12.0 Å². The second-order valence-electron chi connectivity index (χ2n) is 1.32. The Morgan fingerprint density at radius 1 is 1.44 bits per heavy atom. The minimum absolute atomic E-state index is 0. The summed E-state index contributed by atoms with van der Waals surface area (Å²) in [7, 11) is 0. The molecule has 0 radical (unpaired) electrons. The summed E-state index contributed by atoms with van der Waals surface area (Å²) in [6, 6.07) is 0. The molecule has 0 spiro atoms. The van der Waals surface area contributed by atoms with E-state index in [0.717, 1.165) is 0 Å². The number of nitrogens with zero attached hydrogens (tertiary/aromatic N) is 1. The molecule has 52 valence electrons. The van der Waals surface area contributed by atoms with Crippen molar-refractivity contribution in [3.8, 4) is 0 Å². The van der Waals surface area contributed by atoms with Crippen molar-refractivity contribution in [2.75, 3.05) is 0 Å². The van der Waals surface area contributed by atoms with Crippen LogP contribution in [0.3, 0.4) is 0 Å². The van der Waals surface area contributed by atoms with Crippen molar-refractivity contribution in [3.05, 3.63) is 12.3 Å². The minimum Gasteiger partial charge on any atom is -0.294 e. The van der Waals surface area contributed by atoms with Crippen LogP contribution in [0.4, 0.5) is 0 Å². The summed E-state index contributed by atoms with van der Waals surface area (Å²) in [5.74, 6) is 0.134. The maximum absolute atomic E-state index is 10.3. The summed E-state index contributed by atoms with van der Waals surface area (Å²) in [4.78, 5) is 14.0. The second kappa shape index (κ2) is 5.79. The van der Waals surface area contributed by atoms with Gasteiger partial charge in [0.05, 0.1) is 0 Å². The molecule has 1 aliphatic rings. The van der Waals surface area contributed by atoms with Crippen LogP contribution in [0, 0.1) is 0 Å². The van der Waals surface area contributed by atoms with Crippen LogP contribution in [-0.2, 0) is 4.79 Å². The first kappa shape index (κ1) is 11.5. The van der Waals surface area contributed by atoms with Gasteiger partial charge in [-0.2, -0.15) is 0 Å². The summed E-state index contributed by atoms with van der Waals surface area (Å²) >= 11 is 0. The molecular formula is C5H7Cl2NO. The van der Waals surface area contributed by atoms with Crippen LogP contribution in [0.25, 0.3) is 0 Å². The molecule has 0 aromatic carbocycles. The number of hydrogen-bond acceptors (Lipinski definition) is 2. The second-order valence-corrected chi connectivity index (χ2v) is 1.32. The molecule has 0 N–H and O–H groups in total. The fraction of sp³-hybridized carbons (Fsp3) is 0.200. The fourth-order valence-electron chi connectivity index (χ4n) is 0.398. The Morgan fingerprint density at radius 3 is 2.33 bits per heavy atom. The Balaban J connectivity index is 0. The highest BCUT2D eigenvalue weighted by Crippen LogP contribution is 1.88. The summed E-state index contributed by atoms with van der Waals surface area (Å²) in [6.45, 7) is 0. The van der Waals surface area contributed by atoms with Crippen molar-refractivity contribution < 1.29 is 4.79 Å². The molecule has 4 heteroatoms. The molecule has 2 nitrogen and oxygen atoms in total. The average molecular weight is 168 g/mol. The number of carbonyl (C=O) groups excluding carboxylic acids is 1. The van der Waals surface area contributed by atoms with Gasteiger partial charge in [0.2, 0.25) is 0 Å². The highest BCUT2D eigenvalue weighted by atomic mass is 35.5. The Bertz CT molecular complexity index is 142. The van der Waals surface area contributed by atoms with Gasteiger partial charge < -0.3 is 0 Å². The lowest BCUT2D eigenvalue weighted by atomic mass is 10.3. The van der Waals surface area contributed by atoms with Crippen molar-refractivity contribution in [3.63, 3.8) is 0 Å². The topological polar surface area (TPSA) is 29.4 Å². The number of carbonyl (C=O) groups is 1. The van der Waals surface area contributed by atoms with Crippen LogP contribution in [0.5, 0.6) is 0 Å². The van der Waals surface area contributed by atoms with Crippen LogP contribution in [0.15, 0.2) is 17.3 Å².